The summed E-state index contributed by atoms with van der Waals surface area (Å²) >= 11 is 0. The number of carbonyl (C=O) groups excluding carboxylic acids is 1. The molecule has 0 aliphatic rings. The molecule has 1 N–H and O–H groups in total. The molecule has 0 saturated carbocycles. The molecule has 2 aromatic rings. The number of amides is 1. The molecule has 0 bridgehead atoms. The van der Waals surface area contributed by atoms with E-state index in [1.54, 1.807) is 36.5 Å². The molecule has 0 spiro atoms. The minimum atomic E-state index is -0.299. The summed E-state index contributed by atoms with van der Waals surface area (Å²) in [6, 6.07) is 7.14. The SMILES string of the molecule is COc1ccccc1OCC(=O)Nc1cnc(N(C)C)nc1. The second-order valence-electron chi connectivity index (χ2n) is 4.65. The van der Waals surface area contributed by atoms with E-state index in [-0.39, 0.29) is 12.5 Å². The Bertz CT molecular complexity index is 629. The summed E-state index contributed by atoms with van der Waals surface area (Å²) in [5, 5.41) is 2.67. The van der Waals surface area contributed by atoms with Gasteiger partial charge in [0, 0.05) is 14.1 Å². The van der Waals surface area contributed by atoms with Crippen molar-refractivity contribution in [1.82, 2.24) is 9.97 Å². The highest BCUT2D eigenvalue weighted by Crippen LogP contribution is 2.25. The van der Waals surface area contributed by atoms with Crippen LogP contribution in [0.2, 0.25) is 0 Å². The highest BCUT2D eigenvalue weighted by Gasteiger charge is 2.08. The van der Waals surface area contributed by atoms with E-state index >= 15 is 0 Å². The van der Waals surface area contributed by atoms with Crippen LogP contribution < -0.4 is 19.7 Å². The van der Waals surface area contributed by atoms with Gasteiger partial charge in [-0.1, -0.05) is 12.1 Å². The van der Waals surface area contributed by atoms with Crippen molar-refractivity contribution in [3.8, 4) is 11.5 Å². The molecule has 7 heteroatoms. The molecule has 0 fully saturated rings. The third-order valence-electron chi connectivity index (χ3n) is 2.75. The molecule has 0 atom stereocenters. The van der Waals surface area contributed by atoms with Gasteiger partial charge < -0.3 is 19.7 Å². The van der Waals surface area contributed by atoms with E-state index < -0.39 is 0 Å². The fourth-order valence-corrected chi connectivity index (χ4v) is 1.70. The molecule has 1 amide bonds. The lowest BCUT2D eigenvalue weighted by molar-refractivity contribution is -0.118. The molecule has 2 rings (SSSR count). The predicted octanol–water partition coefficient (Wildman–Crippen LogP) is 1.57. The highest BCUT2D eigenvalue weighted by molar-refractivity contribution is 5.91. The van der Waals surface area contributed by atoms with E-state index in [0.29, 0.717) is 23.1 Å². The van der Waals surface area contributed by atoms with Gasteiger partial charge in [0.25, 0.3) is 5.91 Å². The van der Waals surface area contributed by atoms with Crippen molar-refractivity contribution in [2.75, 3.05) is 38.0 Å². The number of nitrogens with one attached hydrogen (secondary N) is 1. The van der Waals surface area contributed by atoms with Crippen molar-refractivity contribution in [3.05, 3.63) is 36.7 Å². The summed E-state index contributed by atoms with van der Waals surface area (Å²) in [4.78, 5) is 21.9. The summed E-state index contributed by atoms with van der Waals surface area (Å²) in [6.45, 7) is -0.129. The summed E-state index contributed by atoms with van der Waals surface area (Å²) in [5.41, 5.74) is 0.513. The molecule has 1 aromatic carbocycles. The third-order valence-corrected chi connectivity index (χ3v) is 2.75. The van der Waals surface area contributed by atoms with Gasteiger partial charge in [0.15, 0.2) is 18.1 Å². The lowest BCUT2D eigenvalue weighted by Crippen LogP contribution is -2.21. The van der Waals surface area contributed by atoms with Crippen LogP contribution in [0, 0.1) is 0 Å². The van der Waals surface area contributed by atoms with Crippen molar-refractivity contribution < 1.29 is 14.3 Å². The average Bonchev–Trinajstić information content (AvgIpc) is 2.53. The summed E-state index contributed by atoms with van der Waals surface area (Å²) in [6.07, 6.45) is 3.09. The lowest BCUT2D eigenvalue weighted by atomic mass is 10.3. The van der Waals surface area contributed by atoms with Crippen LogP contribution in [0.25, 0.3) is 0 Å². The molecule has 0 aliphatic carbocycles. The highest BCUT2D eigenvalue weighted by atomic mass is 16.5. The number of carbonyl (C=O) groups is 1. The van der Waals surface area contributed by atoms with Gasteiger partial charge in [-0.25, -0.2) is 9.97 Å². The van der Waals surface area contributed by atoms with E-state index in [4.69, 9.17) is 9.47 Å². The first-order valence-corrected chi connectivity index (χ1v) is 6.65. The zero-order valence-corrected chi connectivity index (χ0v) is 12.7. The summed E-state index contributed by atoms with van der Waals surface area (Å²) in [7, 11) is 5.23. The molecule has 116 valence electrons. The maximum absolute atomic E-state index is 11.9. The second kappa shape index (κ2) is 7.26. The van der Waals surface area contributed by atoms with Gasteiger partial charge in [-0.2, -0.15) is 0 Å². The zero-order valence-electron chi connectivity index (χ0n) is 12.7. The standard InChI is InChI=1S/C15H18N4O3/c1-19(2)15-16-8-11(9-17-15)18-14(20)10-22-13-7-5-4-6-12(13)21-3/h4-9H,10H2,1-3H3,(H,18,20). The molecule has 0 aliphatic heterocycles. The quantitative estimate of drug-likeness (QED) is 0.873. The number of hydrogen-bond acceptors (Lipinski definition) is 6. The number of rotatable bonds is 6. The minimum absolute atomic E-state index is 0.129. The van der Waals surface area contributed by atoms with Gasteiger partial charge in [-0.15, -0.1) is 0 Å². The molecule has 1 aromatic heterocycles. The number of aromatic nitrogens is 2. The van der Waals surface area contributed by atoms with Crippen LogP contribution in [0.5, 0.6) is 11.5 Å². The molecule has 1 heterocycles. The monoisotopic (exact) mass is 302 g/mol. The van der Waals surface area contributed by atoms with Crippen LogP contribution >= 0.6 is 0 Å². The van der Waals surface area contributed by atoms with Gasteiger partial charge in [0.2, 0.25) is 5.95 Å². The Morgan fingerprint density at radius 1 is 1.18 bits per heavy atom. The van der Waals surface area contributed by atoms with Crippen molar-refractivity contribution >= 4 is 17.5 Å². The van der Waals surface area contributed by atoms with E-state index in [9.17, 15) is 4.79 Å². The Kier molecular flexibility index (Phi) is 5.13. The zero-order chi connectivity index (χ0) is 15.9. The van der Waals surface area contributed by atoms with E-state index in [2.05, 4.69) is 15.3 Å². The van der Waals surface area contributed by atoms with Gasteiger partial charge >= 0.3 is 0 Å². The maximum Gasteiger partial charge on any atom is 0.262 e. The summed E-state index contributed by atoms with van der Waals surface area (Å²) < 4.78 is 10.6. The maximum atomic E-state index is 11.9. The number of para-hydroxylation sites is 2. The topological polar surface area (TPSA) is 76.6 Å². The van der Waals surface area contributed by atoms with Crippen molar-refractivity contribution in [3.63, 3.8) is 0 Å². The van der Waals surface area contributed by atoms with Crippen LogP contribution in [-0.4, -0.2) is 43.7 Å². The number of anilines is 2. The first-order valence-electron chi connectivity index (χ1n) is 6.65. The fourth-order valence-electron chi connectivity index (χ4n) is 1.70. The van der Waals surface area contributed by atoms with Gasteiger partial charge in [-0.3, -0.25) is 4.79 Å². The van der Waals surface area contributed by atoms with Crippen molar-refractivity contribution in [2.45, 2.75) is 0 Å². The Balaban J connectivity index is 1.90. The van der Waals surface area contributed by atoms with Crippen molar-refractivity contribution in [1.29, 1.82) is 0 Å². The van der Waals surface area contributed by atoms with Crippen LogP contribution in [0.3, 0.4) is 0 Å². The molecule has 0 unspecified atom stereocenters. The normalized spacial score (nSPS) is 9.95. The van der Waals surface area contributed by atoms with E-state index in [0.717, 1.165) is 0 Å². The van der Waals surface area contributed by atoms with E-state index in [1.807, 2.05) is 26.2 Å². The lowest BCUT2D eigenvalue weighted by Gasteiger charge is -2.11. The predicted molar refractivity (Wildman–Crippen MR) is 83.5 cm³/mol. The molecule has 7 nitrogen and oxygen atoms in total. The van der Waals surface area contributed by atoms with Crippen LogP contribution in [0.4, 0.5) is 11.6 Å². The average molecular weight is 302 g/mol. The Morgan fingerprint density at radius 3 is 2.41 bits per heavy atom. The smallest absolute Gasteiger partial charge is 0.262 e. The molecule has 0 saturated heterocycles. The number of methoxy groups -OCH3 is 1. The van der Waals surface area contributed by atoms with Gasteiger partial charge in [-0.05, 0) is 12.1 Å². The first-order chi connectivity index (χ1) is 10.6. The molecular weight excluding hydrogens is 284 g/mol. The number of benzene rings is 1. The first kappa shape index (κ1) is 15.6. The third kappa shape index (κ3) is 4.08. The van der Waals surface area contributed by atoms with Gasteiger partial charge in [0.1, 0.15) is 0 Å². The largest absolute Gasteiger partial charge is 0.493 e. The van der Waals surface area contributed by atoms with Crippen LogP contribution in [0.15, 0.2) is 36.7 Å². The fraction of sp³-hybridized carbons (Fsp3) is 0.267. The number of ether oxygens (including phenoxy) is 2. The summed E-state index contributed by atoms with van der Waals surface area (Å²) in [5.74, 6) is 1.36. The second-order valence-corrected chi connectivity index (χ2v) is 4.65. The number of nitrogens with zero attached hydrogens (tertiary/aromatic N) is 3. The van der Waals surface area contributed by atoms with Gasteiger partial charge in [0.05, 0.1) is 25.2 Å². The van der Waals surface area contributed by atoms with Crippen LogP contribution in [0.1, 0.15) is 0 Å². The molecule has 22 heavy (non-hydrogen) atoms. The molecular formula is C15H18N4O3. The Hall–Kier alpha value is -2.83. The number of hydrogen-bond donors (Lipinski definition) is 1. The van der Waals surface area contributed by atoms with Crippen LogP contribution in [-0.2, 0) is 4.79 Å². The van der Waals surface area contributed by atoms with E-state index in [1.165, 1.54) is 0 Å². The Labute approximate surface area is 128 Å². The van der Waals surface area contributed by atoms with Crippen molar-refractivity contribution in [2.24, 2.45) is 0 Å². The minimum Gasteiger partial charge on any atom is -0.493 e. The Morgan fingerprint density at radius 2 is 1.82 bits per heavy atom. The molecule has 0 radical (unpaired) electrons.